The van der Waals surface area contributed by atoms with Crippen LogP contribution in [-0.4, -0.2) is 37.0 Å². The zero-order valence-electron chi connectivity index (χ0n) is 12.0. The van der Waals surface area contributed by atoms with E-state index in [4.69, 9.17) is 0 Å². The number of likely N-dealkylation sites (tertiary alicyclic amines) is 1. The summed E-state index contributed by atoms with van der Waals surface area (Å²) >= 11 is 0. The van der Waals surface area contributed by atoms with Crippen molar-refractivity contribution in [1.82, 2.24) is 10.2 Å². The highest BCUT2D eigenvalue weighted by Gasteiger charge is 2.29. The maximum atomic E-state index is 12.5. The van der Waals surface area contributed by atoms with E-state index in [0.717, 1.165) is 50.9 Å². The average Bonchev–Trinajstić information content (AvgIpc) is 2.38. The first-order valence-electron chi connectivity index (χ1n) is 7.66. The lowest BCUT2D eigenvalue weighted by Gasteiger charge is -2.36. The Labute approximate surface area is 111 Å². The van der Waals surface area contributed by atoms with E-state index in [0.29, 0.717) is 5.91 Å². The summed E-state index contributed by atoms with van der Waals surface area (Å²) in [6, 6.07) is 0. The lowest BCUT2D eigenvalue weighted by atomic mass is 9.88. The van der Waals surface area contributed by atoms with Crippen LogP contribution in [0.5, 0.6) is 0 Å². The molecule has 0 aromatic carbocycles. The van der Waals surface area contributed by atoms with Crippen LogP contribution in [0.25, 0.3) is 0 Å². The minimum absolute atomic E-state index is 0.247. The molecule has 0 aromatic heterocycles. The Balaban J connectivity index is 1.85. The quantitative estimate of drug-likeness (QED) is 0.835. The zero-order chi connectivity index (χ0) is 13.0. The number of amides is 1. The van der Waals surface area contributed by atoms with E-state index in [1.165, 1.54) is 19.3 Å². The fraction of sp³-hybridized carbons (Fsp3) is 0.933. The van der Waals surface area contributed by atoms with Gasteiger partial charge in [-0.25, -0.2) is 0 Å². The van der Waals surface area contributed by atoms with Crippen LogP contribution in [0.4, 0.5) is 0 Å². The highest BCUT2D eigenvalue weighted by Crippen LogP contribution is 2.25. The molecule has 2 aliphatic heterocycles. The van der Waals surface area contributed by atoms with E-state index in [-0.39, 0.29) is 5.92 Å². The summed E-state index contributed by atoms with van der Waals surface area (Å²) in [7, 11) is 0. The fourth-order valence-electron chi connectivity index (χ4n) is 3.45. The van der Waals surface area contributed by atoms with Crippen LogP contribution >= 0.6 is 0 Å². The number of rotatable bonds is 3. The van der Waals surface area contributed by atoms with Gasteiger partial charge in [0.25, 0.3) is 0 Å². The van der Waals surface area contributed by atoms with Gasteiger partial charge < -0.3 is 10.2 Å². The van der Waals surface area contributed by atoms with Crippen LogP contribution < -0.4 is 5.32 Å². The van der Waals surface area contributed by atoms with Gasteiger partial charge in [0, 0.05) is 19.6 Å². The average molecular weight is 252 g/mol. The van der Waals surface area contributed by atoms with Crippen molar-refractivity contribution in [3.63, 3.8) is 0 Å². The van der Waals surface area contributed by atoms with E-state index >= 15 is 0 Å². The first-order valence-corrected chi connectivity index (χ1v) is 7.66. The molecule has 0 bridgehead atoms. The minimum Gasteiger partial charge on any atom is -0.342 e. The Morgan fingerprint density at radius 2 is 2.17 bits per heavy atom. The van der Waals surface area contributed by atoms with Gasteiger partial charge in [-0.3, -0.25) is 4.79 Å². The number of nitrogens with zero attached hydrogens (tertiary/aromatic N) is 1. The van der Waals surface area contributed by atoms with E-state index in [2.05, 4.69) is 24.1 Å². The Kier molecular flexibility index (Phi) is 5.04. The zero-order valence-corrected chi connectivity index (χ0v) is 12.0. The molecule has 2 fully saturated rings. The molecule has 1 amide bonds. The van der Waals surface area contributed by atoms with E-state index in [1.54, 1.807) is 0 Å². The van der Waals surface area contributed by atoms with Crippen LogP contribution in [0.3, 0.4) is 0 Å². The summed E-state index contributed by atoms with van der Waals surface area (Å²) in [4.78, 5) is 14.6. The van der Waals surface area contributed by atoms with Crippen molar-refractivity contribution in [2.45, 2.75) is 46.0 Å². The van der Waals surface area contributed by atoms with Gasteiger partial charge in [-0.1, -0.05) is 13.8 Å². The number of nitrogens with one attached hydrogen (secondary N) is 1. The van der Waals surface area contributed by atoms with E-state index < -0.39 is 0 Å². The van der Waals surface area contributed by atoms with Gasteiger partial charge in [-0.15, -0.1) is 0 Å². The summed E-state index contributed by atoms with van der Waals surface area (Å²) in [6.07, 6.45) is 6.01. The number of carbonyl (C=O) groups excluding carboxylic acids is 1. The summed E-state index contributed by atoms with van der Waals surface area (Å²) in [5.41, 5.74) is 0. The third-order valence-electron chi connectivity index (χ3n) is 4.28. The molecule has 0 saturated carbocycles. The Bertz CT molecular complexity index is 272. The number of hydrogen-bond donors (Lipinski definition) is 1. The topological polar surface area (TPSA) is 32.3 Å². The van der Waals surface area contributed by atoms with Crippen LogP contribution in [0, 0.1) is 17.8 Å². The lowest BCUT2D eigenvalue weighted by molar-refractivity contribution is -0.138. The highest BCUT2D eigenvalue weighted by molar-refractivity contribution is 5.79. The van der Waals surface area contributed by atoms with Gasteiger partial charge in [-0.05, 0) is 50.5 Å². The molecule has 104 valence electrons. The predicted molar refractivity (Wildman–Crippen MR) is 74.4 cm³/mol. The van der Waals surface area contributed by atoms with Crippen LogP contribution in [0.1, 0.15) is 46.0 Å². The SMILES string of the molecule is CC(C)CC1CCCN(C(=O)C2CCCNC2)C1. The molecule has 2 unspecified atom stereocenters. The molecule has 2 aliphatic rings. The van der Waals surface area contributed by atoms with Gasteiger partial charge in [0.15, 0.2) is 0 Å². The molecule has 2 saturated heterocycles. The standard InChI is InChI=1S/C15H28N2O/c1-12(2)9-13-5-4-8-17(11-13)15(18)14-6-3-7-16-10-14/h12-14,16H,3-11H2,1-2H3. The van der Waals surface area contributed by atoms with Gasteiger partial charge in [0.1, 0.15) is 0 Å². The summed E-state index contributed by atoms with van der Waals surface area (Å²) in [5.74, 6) is 2.15. The first kappa shape index (κ1) is 13.9. The molecular weight excluding hydrogens is 224 g/mol. The summed E-state index contributed by atoms with van der Waals surface area (Å²) < 4.78 is 0. The second-order valence-corrected chi connectivity index (χ2v) is 6.47. The normalized spacial score (nSPS) is 29.6. The molecule has 18 heavy (non-hydrogen) atoms. The second-order valence-electron chi connectivity index (χ2n) is 6.47. The fourth-order valence-corrected chi connectivity index (χ4v) is 3.45. The lowest BCUT2D eigenvalue weighted by Crippen LogP contribution is -2.47. The molecule has 0 spiro atoms. The van der Waals surface area contributed by atoms with Crippen molar-refractivity contribution < 1.29 is 4.79 Å². The molecule has 2 rings (SSSR count). The predicted octanol–water partition coefficient (Wildman–Crippen LogP) is 2.27. The highest BCUT2D eigenvalue weighted by atomic mass is 16.2. The Morgan fingerprint density at radius 3 is 2.83 bits per heavy atom. The summed E-state index contributed by atoms with van der Waals surface area (Å²) in [6.45, 7) is 8.54. The number of hydrogen-bond acceptors (Lipinski definition) is 2. The Morgan fingerprint density at radius 1 is 1.33 bits per heavy atom. The molecular formula is C15H28N2O. The van der Waals surface area contributed by atoms with Crippen LogP contribution in [-0.2, 0) is 4.79 Å². The van der Waals surface area contributed by atoms with E-state index in [9.17, 15) is 4.79 Å². The monoisotopic (exact) mass is 252 g/mol. The molecule has 0 aromatic rings. The maximum absolute atomic E-state index is 12.5. The van der Waals surface area contributed by atoms with Crippen molar-refractivity contribution in [2.24, 2.45) is 17.8 Å². The molecule has 3 nitrogen and oxygen atoms in total. The molecule has 1 N–H and O–H groups in total. The Hall–Kier alpha value is -0.570. The van der Waals surface area contributed by atoms with Crippen LogP contribution in [0.15, 0.2) is 0 Å². The van der Waals surface area contributed by atoms with Crippen LogP contribution in [0.2, 0.25) is 0 Å². The van der Waals surface area contributed by atoms with Gasteiger partial charge >= 0.3 is 0 Å². The number of piperidine rings is 2. The minimum atomic E-state index is 0.247. The molecule has 2 atom stereocenters. The smallest absolute Gasteiger partial charge is 0.226 e. The first-order chi connectivity index (χ1) is 8.66. The van der Waals surface area contributed by atoms with Crippen molar-refractivity contribution >= 4 is 5.91 Å². The van der Waals surface area contributed by atoms with Crippen molar-refractivity contribution in [2.75, 3.05) is 26.2 Å². The molecule has 0 aliphatic carbocycles. The van der Waals surface area contributed by atoms with Crippen molar-refractivity contribution in [1.29, 1.82) is 0 Å². The number of carbonyl (C=O) groups is 1. The molecule has 0 radical (unpaired) electrons. The van der Waals surface area contributed by atoms with E-state index in [1.807, 2.05) is 0 Å². The third kappa shape index (κ3) is 3.71. The third-order valence-corrected chi connectivity index (χ3v) is 4.28. The van der Waals surface area contributed by atoms with Crippen molar-refractivity contribution in [3.05, 3.63) is 0 Å². The second kappa shape index (κ2) is 6.55. The molecule has 3 heteroatoms. The van der Waals surface area contributed by atoms with Gasteiger partial charge in [-0.2, -0.15) is 0 Å². The largest absolute Gasteiger partial charge is 0.342 e. The summed E-state index contributed by atoms with van der Waals surface area (Å²) in [5, 5.41) is 3.35. The molecule has 2 heterocycles. The van der Waals surface area contributed by atoms with Gasteiger partial charge in [0.05, 0.1) is 5.92 Å². The van der Waals surface area contributed by atoms with Gasteiger partial charge in [0.2, 0.25) is 5.91 Å². The van der Waals surface area contributed by atoms with Crippen molar-refractivity contribution in [3.8, 4) is 0 Å². The maximum Gasteiger partial charge on any atom is 0.226 e.